The molecular formula is C19H19N3O4. The highest BCUT2D eigenvalue weighted by atomic mass is 16.5. The second kappa shape index (κ2) is 7.60. The van der Waals surface area contributed by atoms with Crippen LogP contribution in [0.15, 0.2) is 53.2 Å². The topological polar surface area (TPSA) is 81.2 Å². The van der Waals surface area contributed by atoms with Crippen molar-refractivity contribution in [3.63, 3.8) is 0 Å². The minimum atomic E-state index is -0.335. The Morgan fingerprint density at radius 2 is 1.58 bits per heavy atom. The Hall–Kier alpha value is -3.48. The summed E-state index contributed by atoms with van der Waals surface area (Å²) in [7, 11) is 4.61. The molecule has 0 saturated carbocycles. The molecule has 0 spiro atoms. The van der Waals surface area contributed by atoms with Crippen LogP contribution < -0.4 is 25.1 Å². The minimum absolute atomic E-state index is 0.261. The van der Waals surface area contributed by atoms with Gasteiger partial charge in [-0.05, 0) is 23.8 Å². The quantitative estimate of drug-likeness (QED) is 0.805. The first-order chi connectivity index (χ1) is 12.7. The van der Waals surface area contributed by atoms with Gasteiger partial charge in [-0.15, -0.1) is 0 Å². The number of methoxy groups -OCH3 is 3. The zero-order chi connectivity index (χ0) is 18.5. The predicted molar refractivity (Wildman–Crippen MR) is 98.3 cm³/mol. The van der Waals surface area contributed by atoms with Crippen molar-refractivity contribution < 1.29 is 19.0 Å². The number of carbonyl (C=O) groups excluding carboxylic acids is 1. The summed E-state index contributed by atoms with van der Waals surface area (Å²) in [5.74, 6) is 1.71. The van der Waals surface area contributed by atoms with Crippen LogP contribution in [0.2, 0.25) is 0 Å². The number of hydrogen-bond donors (Lipinski definition) is 2. The SMILES string of the molecule is COc1cc(C=C2N=C(c3ccccc3)NNC2=O)cc(OC)c1OC. The van der Waals surface area contributed by atoms with Gasteiger partial charge in [-0.1, -0.05) is 30.3 Å². The molecule has 0 atom stereocenters. The number of aliphatic imine (C=N–C) groups is 1. The summed E-state index contributed by atoms with van der Waals surface area (Å²) < 4.78 is 16.0. The number of hydrazine groups is 1. The lowest BCUT2D eigenvalue weighted by Crippen LogP contribution is -2.46. The van der Waals surface area contributed by atoms with Crippen molar-refractivity contribution in [2.75, 3.05) is 21.3 Å². The molecule has 1 heterocycles. The molecule has 0 aliphatic carbocycles. The van der Waals surface area contributed by atoms with E-state index in [9.17, 15) is 4.79 Å². The Labute approximate surface area is 151 Å². The molecule has 1 aliphatic heterocycles. The van der Waals surface area contributed by atoms with Crippen molar-refractivity contribution in [1.82, 2.24) is 10.9 Å². The highest BCUT2D eigenvalue weighted by molar-refractivity contribution is 6.09. The van der Waals surface area contributed by atoms with Crippen molar-refractivity contribution in [1.29, 1.82) is 0 Å². The van der Waals surface area contributed by atoms with Crippen LogP contribution >= 0.6 is 0 Å². The molecule has 7 heteroatoms. The Balaban J connectivity index is 2.04. The molecule has 0 aromatic heterocycles. The zero-order valence-corrected chi connectivity index (χ0v) is 14.7. The van der Waals surface area contributed by atoms with Crippen LogP contribution in [0.25, 0.3) is 6.08 Å². The number of amides is 1. The maximum Gasteiger partial charge on any atom is 0.288 e. The maximum absolute atomic E-state index is 12.2. The van der Waals surface area contributed by atoms with E-state index in [0.717, 1.165) is 5.56 Å². The molecule has 0 unspecified atom stereocenters. The normalized spacial score (nSPS) is 15.0. The summed E-state index contributed by atoms with van der Waals surface area (Å²) in [5, 5.41) is 0. The fourth-order valence-corrected chi connectivity index (χ4v) is 2.55. The monoisotopic (exact) mass is 353 g/mol. The highest BCUT2D eigenvalue weighted by Gasteiger charge is 2.19. The van der Waals surface area contributed by atoms with Crippen LogP contribution in [0, 0.1) is 0 Å². The van der Waals surface area contributed by atoms with E-state index in [1.54, 1.807) is 18.2 Å². The van der Waals surface area contributed by atoms with Gasteiger partial charge >= 0.3 is 0 Å². The van der Waals surface area contributed by atoms with Gasteiger partial charge in [-0.2, -0.15) is 0 Å². The third-order valence-corrected chi connectivity index (χ3v) is 3.80. The van der Waals surface area contributed by atoms with Crippen LogP contribution in [0.1, 0.15) is 11.1 Å². The molecule has 26 heavy (non-hydrogen) atoms. The summed E-state index contributed by atoms with van der Waals surface area (Å²) >= 11 is 0. The first kappa shape index (κ1) is 17.3. The van der Waals surface area contributed by atoms with Crippen molar-refractivity contribution >= 4 is 17.8 Å². The average molecular weight is 353 g/mol. The van der Waals surface area contributed by atoms with Crippen molar-refractivity contribution in [2.24, 2.45) is 4.99 Å². The van der Waals surface area contributed by atoms with Gasteiger partial charge in [-0.3, -0.25) is 15.6 Å². The van der Waals surface area contributed by atoms with Gasteiger partial charge in [0.2, 0.25) is 5.75 Å². The Morgan fingerprint density at radius 1 is 0.923 bits per heavy atom. The minimum Gasteiger partial charge on any atom is -0.493 e. The summed E-state index contributed by atoms with van der Waals surface area (Å²) in [6.45, 7) is 0. The third kappa shape index (κ3) is 3.46. The molecule has 2 aromatic rings. The number of amidine groups is 1. The van der Waals surface area contributed by atoms with E-state index in [4.69, 9.17) is 14.2 Å². The summed E-state index contributed by atoms with van der Waals surface area (Å²) in [6.07, 6.45) is 1.66. The molecular weight excluding hydrogens is 334 g/mol. The number of carbonyl (C=O) groups is 1. The van der Waals surface area contributed by atoms with E-state index in [1.807, 2.05) is 30.3 Å². The maximum atomic E-state index is 12.2. The molecule has 0 bridgehead atoms. The molecule has 134 valence electrons. The second-order valence-electron chi connectivity index (χ2n) is 5.39. The van der Waals surface area contributed by atoms with Crippen LogP contribution in [-0.4, -0.2) is 33.1 Å². The van der Waals surface area contributed by atoms with Gasteiger partial charge in [0.1, 0.15) is 5.70 Å². The molecule has 3 rings (SSSR count). The van der Waals surface area contributed by atoms with E-state index in [0.29, 0.717) is 28.6 Å². The molecule has 0 saturated heterocycles. The number of hydrogen-bond acceptors (Lipinski definition) is 6. The molecule has 0 radical (unpaired) electrons. The van der Waals surface area contributed by atoms with Gasteiger partial charge in [0.15, 0.2) is 17.3 Å². The van der Waals surface area contributed by atoms with Crippen molar-refractivity contribution in [2.45, 2.75) is 0 Å². The van der Waals surface area contributed by atoms with Crippen molar-refractivity contribution in [3.8, 4) is 17.2 Å². The van der Waals surface area contributed by atoms with E-state index < -0.39 is 0 Å². The van der Waals surface area contributed by atoms with Crippen LogP contribution in [0.4, 0.5) is 0 Å². The second-order valence-corrected chi connectivity index (χ2v) is 5.39. The fourth-order valence-electron chi connectivity index (χ4n) is 2.55. The number of ether oxygens (including phenoxy) is 3. The van der Waals surface area contributed by atoms with Gasteiger partial charge in [0.25, 0.3) is 5.91 Å². The fraction of sp³-hybridized carbons (Fsp3) is 0.158. The highest BCUT2D eigenvalue weighted by Crippen LogP contribution is 2.38. The van der Waals surface area contributed by atoms with Crippen LogP contribution in [-0.2, 0) is 4.79 Å². The standard InChI is InChI=1S/C19H19N3O4/c1-24-15-10-12(11-16(25-2)17(15)26-3)9-14-19(23)22-21-18(20-14)13-7-5-4-6-8-13/h4-11H,1-3H3,(H,20,21)(H,22,23). The van der Waals surface area contributed by atoms with Crippen LogP contribution in [0.3, 0.4) is 0 Å². The molecule has 1 aliphatic rings. The number of nitrogens with one attached hydrogen (secondary N) is 2. The first-order valence-corrected chi connectivity index (χ1v) is 7.88. The van der Waals surface area contributed by atoms with Gasteiger partial charge in [0, 0.05) is 5.56 Å². The molecule has 0 fully saturated rings. The lowest BCUT2D eigenvalue weighted by atomic mass is 10.1. The average Bonchev–Trinajstić information content (AvgIpc) is 2.69. The van der Waals surface area contributed by atoms with E-state index in [2.05, 4.69) is 15.8 Å². The number of benzene rings is 2. The Morgan fingerprint density at radius 3 is 2.15 bits per heavy atom. The zero-order valence-electron chi connectivity index (χ0n) is 14.7. The Bertz CT molecular complexity index is 851. The van der Waals surface area contributed by atoms with Gasteiger partial charge in [-0.25, -0.2) is 4.99 Å². The largest absolute Gasteiger partial charge is 0.493 e. The van der Waals surface area contributed by atoms with Crippen LogP contribution in [0.5, 0.6) is 17.2 Å². The molecule has 2 N–H and O–H groups in total. The Kier molecular flexibility index (Phi) is 5.07. The smallest absolute Gasteiger partial charge is 0.288 e. The first-order valence-electron chi connectivity index (χ1n) is 7.88. The van der Waals surface area contributed by atoms with E-state index in [-0.39, 0.29) is 11.6 Å². The predicted octanol–water partition coefficient (Wildman–Crippen LogP) is 2.13. The lowest BCUT2D eigenvalue weighted by Gasteiger charge is -2.18. The summed E-state index contributed by atoms with van der Waals surface area (Å²) in [4.78, 5) is 16.6. The molecule has 7 nitrogen and oxygen atoms in total. The van der Waals surface area contributed by atoms with E-state index in [1.165, 1.54) is 21.3 Å². The number of nitrogens with zero attached hydrogens (tertiary/aromatic N) is 1. The van der Waals surface area contributed by atoms with Gasteiger partial charge in [0.05, 0.1) is 21.3 Å². The molecule has 1 amide bonds. The summed E-state index contributed by atoms with van der Waals surface area (Å²) in [5.41, 5.74) is 7.23. The third-order valence-electron chi connectivity index (χ3n) is 3.80. The molecule has 2 aromatic carbocycles. The summed E-state index contributed by atoms with van der Waals surface area (Å²) in [6, 6.07) is 13.0. The lowest BCUT2D eigenvalue weighted by molar-refractivity contribution is -0.118. The number of rotatable bonds is 5. The van der Waals surface area contributed by atoms with E-state index >= 15 is 0 Å². The van der Waals surface area contributed by atoms with Gasteiger partial charge < -0.3 is 14.2 Å². The van der Waals surface area contributed by atoms with Crippen molar-refractivity contribution in [3.05, 3.63) is 59.3 Å².